The molecular formula is C10H8Br2F2. The van der Waals surface area contributed by atoms with Gasteiger partial charge in [-0.1, -0.05) is 19.1 Å². The van der Waals surface area contributed by atoms with Gasteiger partial charge in [-0.25, -0.2) is 8.78 Å². The number of rotatable bonds is 2. The van der Waals surface area contributed by atoms with Crippen LogP contribution in [0.15, 0.2) is 27.7 Å². The van der Waals surface area contributed by atoms with Crippen molar-refractivity contribution in [1.29, 1.82) is 0 Å². The molecule has 0 aliphatic heterocycles. The Labute approximate surface area is 98.3 Å². The number of hydrogen-bond acceptors (Lipinski definition) is 0. The molecular weight excluding hydrogens is 318 g/mol. The van der Waals surface area contributed by atoms with Gasteiger partial charge >= 0.3 is 0 Å². The molecule has 0 N–H and O–H groups in total. The van der Waals surface area contributed by atoms with Crippen molar-refractivity contribution in [3.05, 3.63) is 44.9 Å². The maximum Gasteiger partial charge on any atom is 0.129 e. The van der Waals surface area contributed by atoms with Gasteiger partial charge in [-0.05, 0) is 44.0 Å². The third kappa shape index (κ3) is 2.89. The number of allylic oxidation sites excluding steroid dienone is 1. The minimum absolute atomic E-state index is 0.0869. The van der Waals surface area contributed by atoms with E-state index in [1.165, 1.54) is 18.2 Å². The summed E-state index contributed by atoms with van der Waals surface area (Å²) < 4.78 is 27.2. The first-order chi connectivity index (χ1) is 6.52. The summed E-state index contributed by atoms with van der Waals surface area (Å²) in [6.45, 7) is 1.73. The van der Waals surface area contributed by atoms with Crippen LogP contribution in [-0.4, -0.2) is 0 Å². The van der Waals surface area contributed by atoms with Crippen molar-refractivity contribution < 1.29 is 8.78 Å². The molecule has 0 saturated carbocycles. The van der Waals surface area contributed by atoms with Crippen molar-refractivity contribution in [1.82, 2.24) is 0 Å². The van der Waals surface area contributed by atoms with Gasteiger partial charge in [-0.2, -0.15) is 0 Å². The van der Waals surface area contributed by atoms with E-state index in [-0.39, 0.29) is 11.5 Å². The summed E-state index contributed by atoms with van der Waals surface area (Å²) >= 11 is 6.31. The average molecular weight is 326 g/mol. The van der Waals surface area contributed by atoms with Gasteiger partial charge in [0.15, 0.2) is 0 Å². The predicted molar refractivity (Wildman–Crippen MR) is 60.7 cm³/mol. The lowest BCUT2D eigenvalue weighted by atomic mass is 10.0. The predicted octanol–water partition coefficient (Wildman–Crippen LogP) is 4.70. The van der Waals surface area contributed by atoms with Gasteiger partial charge in [-0.15, -0.1) is 0 Å². The van der Waals surface area contributed by atoms with Crippen LogP contribution in [-0.2, 0) is 0 Å². The number of hydrogen-bond donors (Lipinski definition) is 0. The Morgan fingerprint density at radius 3 is 2.21 bits per heavy atom. The Bertz CT molecular complexity index is 337. The van der Waals surface area contributed by atoms with Crippen LogP contribution in [0.2, 0.25) is 0 Å². The molecule has 76 valence electrons. The van der Waals surface area contributed by atoms with Gasteiger partial charge in [-0.3, -0.25) is 0 Å². The van der Waals surface area contributed by atoms with Gasteiger partial charge in [0.2, 0.25) is 0 Å². The van der Waals surface area contributed by atoms with E-state index in [4.69, 9.17) is 0 Å². The van der Waals surface area contributed by atoms with E-state index in [2.05, 4.69) is 31.9 Å². The molecule has 1 aromatic rings. The minimum Gasteiger partial charge on any atom is -0.207 e. The zero-order valence-corrected chi connectivity index (χ0v) is 10.6. The molecule has 0 bridgehead atoms. The summed E-state index contributed by atoms with van der Waals surface area (Å²) in [5.41, 5.74) is 0.0869. The van der Waals surface area contributed by atoms with Gasteiger partial charge in [0, 0.05) is 11.5 Å². The lowest BCUT2D eigenvalue weighted by Crippen LogP contribution is -1.98. The standard InChI is InChI=1S/C10H8Br2F2/c1-6(5-9(11)12)10-7(13)3-2-4-8(10)14/h2-6H,1H3. The van der Waals surface area contributed by atoms with E-state index in [1.54, 1.807) is 13.0 Å². The highest BCUT2D eigenvalue weighted by molar-refractivity contribution is 9.28. The molecule has 0 amide bonds. The van der Waals surface area contributed by atoms with E-state index >= 15 is 0 Å². The summed E-state index contributed by atoms with van der Waals surface area (Å²) in [5, 5.41) is 0. The average Bonchev–Trinajstić information content (AvgIpc) is 2.01. The molecule has 0 nitrogen and oxygen atoms in total. The van der Waals surface area contributed by atoms with Crippen molar-refractivity contribution in [2.24, 2.45) is 0 Å². The van der Waals surface area contributed by atoms with Crippen LogP contribution in [0.1, 0.15) is 18.4 Å². The highest BCUT2D eigenvalue weighted by Crippen LogP contribution is 2.27. The molecule has 0 aliphatic carbocycles. The Balaban J connectivity index is 3.12. The first kappa shape index (κ1) is 11.9. The fourth-order valence-electron chi connectivity index (χ4n) is 1.22. The van der Waals surface area contributed by atoms with Crippen LogP contribution in [0, 0.1) is 11.6 Å². The highest BCUT2D eigenvalue weighted by atomic mass is 79.9. The summed E-state index contributed by atoms with van der Waals surface area (Å²) in [5.74, 6) is -1.35. The minimum atomic E-state index is -0.519. The SMILES string of the molecule is CC(C=C(Br)Br)c1c(F)cccc1F. The lowest BCUT2D eigenvalue weighted by Gasteiger charge is -2.09. The van der Waals surface area contributed by atoms with Crippen molar-refractivity contribution in [2.75, 3.05) is 0 Å². The fourth-order valence-corrected chi connectivity index (χ4v) is 2.01. The molecule has 1 atom stereocenters. The first-order valence-corrected chi connectivity index (χ1v) is 5.57. The maximum atomic E-state index is 13.3. The molecule has 1 aromatic carbocycles. The van der Waals surface area contributed by atoms with Crippen molar-refractivity contribution in [3.63, 3.8) is 0 Å². The molecule has 0 fully saturated rings. The van der Waals surface area contributed by atoms with Gasteiger partial charge in [0.1, 0.15) is 11.6 Å². The molecule has 0 radical (unpaired) electrons. The molecule has 1 unspecified atom stereocenters. The normalized spacial score (nSPS) is 12.4. The van der Waals surface area contributed by atoms with E-state index in [9.17, 15) is 8.78 Å². The maximum absolute atomic E-state index is 13.3. The van der Waals surface area contributed by atoms with E-state index in [1.807, 2.05) is 0 Å². The molecule has 0 aliphatic rings. The third-order valence-electron chi connectivity index (χ3n) is 1.83. The first-order valence-electron chi connectivity index (χ1n) is 3.99. The summed E-state index contributed by atoms with van der Waals surface area (Å²) in [4.78, 5) is 0. The van der Waals surface area contributed by atoms with Crippen molar-refractivity contribution in [2.45, 2.75) is 12.8 Å². The zero-order chi connectivity index (χ0) is 10.7. The second-order valence-electron chi connectivity index (χ2n) is 2.88. The van der Waals surface area contributed by atoms with Crippen molar-refractivity contribution in [3.8, 4) is 0 Å². The summed E-state index contributed by atoms with van der Waals surface area (Å²) in [6, 6.07) is 3.86. The third-order valence-corrected chi connectivity index (χ3v) is 2.36. The van der Waals surface area contributed by atoms with Crippen LogP contribution >= 0.6 is 31.9 Å². The second kappa shape index (κ2) is 5.03. The van der Waals surface area contributed by atoms with E-state index < -0.39 is 11.6 Å². The fraction of sp³-hybridized carbons (Fsp3) is 0.200. The molecule has 0 saturated heterocycles. The Morgan fingerprint density at radius 1 is 1.29 bits per heavy atom. The van der Waals surface area contributed by atoms with Crippen LogP contribution in [0.4, 0.5) is 8.78 Å². The zero-order valence-electron chi connectivity index (χ0n) is 7.40. The highest BCUT2D eigenvalue weighted by Gasteiger charge is 2.13. The van der Waals surface area contributed by atoms with Gasteiger partial charge in [0.25, 0.3) is 0 Å². The Morgan fingerprint density at radius 2 is 1.79 bits per heavy atom. The second-order valence-corrected chi connectivity index (χ2v) is 5.65. The van der Waals surface area contributed by atoms with Gasteiger partial charge in [0.05, 0.1) is 3.39 Å². The summed E-state index contributed by atoms with van der Waals surface area (Å²) in [7, 11) is 0. The molecule has 4 heteroatoms. The topological polar surface area (TPSA) is 0 Å². The lowest BCUT2D eigenvalue weighted by molar-refractivity contribution is 0.550. The Hall–Kier alpha value is -0.220. The number of benzene rings is 1. The molecule has 14 heavy (non-hydrogen) atoms. The van der Waals surface area contributed by atoms with E-state index in [0.29, 0.717) is 3.39 Å². The van der Waals surface area contributed by atoms with Crippen LogP contribution < -0.4 is 0 Å². The van der Waals surface area contributed by atoms with Crippen LogP contribution in [0.25, 0.3) is 0 Å². The Kier molecular flexibility index (Phi) is 4.26. The molecule has 0 spiro atoms. The molecule has 0 heterocycles. The molecule has 1 rings (SSSR count). The largest absolute Gasteiger partial charge is 0.207 e. The van der Waals surface area contributed by atoms with Crippen LogP contribution in [0.3, 0.4) is 0 Å². The van der Waals surface area contributed by atoms with E-state index in [0.717, 1.165) is 0 Å². The molecule has 0 aromatic heterocycles. The van der Waals surface area contributed by atoms with Crippen molar-refractivity contribution >= 4 is 31.9 Å². The summed E-state index contributed by atoms with van der Waals surface area (Å²) in [6.07, 6.45) is 1.68. The smallest absolute Gasteiger partial charge is 0.129 e. The van der Waals surface area contributed by atoms with Gasteiger partial charge < -0.3 is 0 Å². The van der Waals surface area contributed by atoms with Crippen LogP contribution in [0.5, 0.6) is 0 Å². The monoisotopic (exact) mass is 324 g/mol. The number of halogens is 4. The quantitative estimate of drug-likeness (QED) is 0.739.